The van der Waals surface area contributed by atoms with Crippen molar-refractivity contribution in [2.75, 3.05) is 19.8 Å². The van der Waals surface area contributed by atoms with Crippen LogP contribution in [0, 0.1) is 13.8 Å². The Labute approximate surface area is 95.6 Å². The zero-order chi connectivity index (χ0) is 12.0. The molecule has 16 heavy (non-hydrogen) atoms. The number of carbonyl (C=O) groups is 1. The Balaban J connectivity index is 2.36. The number of carbonyl (C=O) groups excluding carboxylic acids is 1. The van der Waals surface area contributed by atoms with Gasteiger partial charge in [0.15, 0.2) is 0 Å². The van der Waals surface area contributed by atoms with Crippen LogP contribution in [-0.2, 0) is 4.74 Å². The lowest BCUT2D eigenvalue weighted by atomic mass is 10.2. The van der Waals surface area contributed by atoms with Gasteiger partial charge in [0, 0.05) is 25.5 Å². The summed E-state index contributed by atoms with van der Waals surface area (Å²) in [4.78, 5) is 11.8. The zero-order valence-electron chi connectivity index (χ0n) is 10.1. The van der Waals surface area contributed by atoms with Crippen molar-refractivity contribution in [2.45, 2.75) is 27.2 Å². The summed E-state index contributed by atoms with van der Waals surface area (Å²) in [6.45, 7) is 7.64. The second-order valence-corrected chi connectivity index (χ2v) is 3.62. The van der Waals surface area contributed by atoms with Crippen LogP contribution in [0.4, 0.5) is 0 Å². The molecule has 90 valence electrons. The van der Waals surface area contributed by atoms with Crippen LogP contribution in [0.1, 0.15) is 35.1 Å². The molecule has 5 nitrogen and oxygen atoms in total. The topological polar surface area (TPSA) is 67.0 Å². The van der Waals surface area contributed by atoms with E-state index in [9.17, 15) is 4.79 Å². The van der Waals surface area contributed by atoms with Crippen molar-refractivity contribution in [3.05, 3.63) is 17.0 Å². The third-order valence-electron chi connectivity index (χ3n) is 2.31. The molecule has 0 spiro atoms. The molecule has 1 amide bonds. The first-order chi connectivity index (χ1) is 7.66. The molecule has 0 aliphatic carbocycles. The van der Waals surface area contributed by atoms with Crippen LogP contribution in [0.2, 0.25) is 0 Å². The minimum Gasteiger partial charge on any atom is -0.382 e. The van der Waals surface area contributed by atoms with E-state index in [0.29, 0.717) is 25.3 Å². The lowest BCUT2D eigenvalue weighted by Gasteiger charge is -2.05. The van der Waals surface area contributed by atoms with E-state index in [4.69, 9.17) is 4.74 Å². The van der Waals surface area contributed by atoms with Crippen molar-refractivity contribution < 1.29 is 9.53 Å². The molecule has 0 atom stereocenters. The third-order valence-corrected chi connectivity index (χ3v) is 2.31. The number of nitrogens with one attached hydrogen (secondary N) is 2. The zero-order valence-corrected chi connectivity index (χ0v) is 10.1. The summed E-state index contributed by atoms with van der Waals surface area (Å²) < 4.78 is 5.18. The first-order valence-electron chi connectivity index (χ1n) is 5.54. The van der Waals surface area contributed by atoms with Crippen molar-refractivity contribution in [1.82, 2.24) is 15.5 Å². The molecule has 0 bridgehead atoms. The monoisotopic (exact) mass is 225 g/mol. The SMILES string of the molecule is CCOCCCNC(=O)c1c(C)n[nH]c1C. The summed E-state index contributed by atoms with van der Waals surface area (Å²) in [5.74, 6) is -0.0692. The van der Waals surface area contributed by atoms with Crippen LogP contribution in [0.15, 0.2) is 0 Å². The normalized spacial score (nSPS) is 10.4. The Bertz CT molecular complexity index is 327. The van der Waals surface area contributed by atoms with E-state index in [1.54, 1.807) is 0 Å². The number of H-pyrrole nitrogens is 1. The van der Waals surface area contributed by atoms with Gasteiger partial charge in [-0.2, -0.15) is 5.10 Å². The standard InChI is InChI=1S/C11H19N3O2/c1-4-16-7-5-6-12-11(15)10-8(2)13-14-9(10)3/h4-7H2,1-3H3,(H,12,15)(H,13,14). The van der Waals surface area contributed by atoms with Gasteiger partial charge in [-0.15, -0.1) is 0 Å². The fourth-order valence-electron chi connectivity index (χ4n) is 1.49. The highest BCUT2D eigenvalue weighted by atomic mass is 16.5. The summed E-state index contributed by atoms with van der Waals surface area (Å²) in [5.41, 5.74) is 2.19. The summed E-state index contributed by atoms with van der Waals surface area (Å²) >= 11 is 0. The lowest BCUT2D eigenvalue weighted by Crippen LogP contribution is -2.26. The maximum absolute atomic E-state index is 11.8. The second-order valence-electron chi connectivity index (χ2n) is 3.62. The number of aromatic nitrogens is 2. The van der Waals surface area contributed by atoms with Crippen LogP contribution >= 0.6 is 0 Å². The minimum absolute atomic E-state index is 0.0692. The molecule has 0 unspecified atom stereocenters. The summed E-state index contributed by atoms with van der Waals surface area (Å²) in [5, 5.41) is 9.62. The summed E-state index contributed by atoms with van der Waals surface area (Å²) in [6.07, 6.45) is 0.829. The average Bonchev–Trinajstić information content (AvgIpc) is 2.58. The van der Waals surface area contributed by atoms with E-state index in [1.807, 2.05) is 20.8 Å². The van der Waals surface area contributed by atoms with Crippen LogP contribution < -0.4 is 5.32 Å². The Kier molecular flexibility index (Phi) is 4.98. The van der Waals surface area contributed by atoms with Crippen molar-refractivity contribution in [3.63, 3.8) is 0 Å². The molecule has 0 fully saturated rings. The molecule has 0 radical (unpaired) electrons. The molecule has 0 aliphatic rings. The first kappa shape index (κ1) is 12.7. The average molecular weight is 225 g/mol. The van der Waals surface area contributed by atoms with E-state index >= 15 is 0 Å². The van der Waals surface area contributed by atoms with Gasteiger partial charge in [-0.25, -0.2) is 0 Å². The quantitative estimate of drug-likeness (QED) is 0.714. The van der Waals surface area contributed by atoms with Gasteiger partial charge in [-0.1, -0.05) is 0 Å². The number of aromatic amines is 1. The van der Waals surface area contributed by atoms with Crippen LogP contribution in [0.5, 0.6) is 0 Å². The molecule has 2 N–H and O–H groups in total. The van der Waals surface area contributed by atoms with Gasteiger partial charge < -0.3 is 10.1 Å². The fraction of sp³-hybridized carbons (Fsp3) is 0.636. The molecule has 5 heteroatoms. The van der Waals surface area contributed by atoms with Gasteiger partial charge in [-0.05, 0) is 27.2 Å². The van der Waals surface area contributed by atoms with Gasteiger partial charge in [0.2, 0.25) is 0 Å². The maximum Gasteiger partial charge on any atom is 0.255 e. The number of rotatable bonds is 6. The van der Waals surface area contributed by atoms with Crippen molar-refractivity contribution in [2.24, 2.45) is 0 Å². The number of nitrogens with zero attached hydrogens (tertiary/aromatic N) is 1. The highest BCUT2D eigenvalue weighted by molar-refractivity contribution is 5.96. The van der Waals surface area contributed by atoms with E-state index < -0.39 is 0 Å². The lowest BCUT2D eigenvalue weighted by molar-refractivity contribution is 0.0943. The van der Waals surface area contributed by atoms with Crippen LogP contribution in [-0.4, -0.2) is 35.9 Å². The smallest absolute Gasteiger partial charge is 0.255 e. The Morgan fingerprint density at radius 1 is 1.50 bits per heavy atom. The first-order valence-corrected chi connectivity index (χ1v) is 5.54. The minimum atomic E-state index is -0.0692. The van der Waals surface area contributed by atoms with Gasteiger partial charge in [0.25, 0.3) is 5.91 Å². The van der Waals surface area contributed by atoms with Crippen LogP contribution in [0.25, 0.3) is 0 Å². The van der Waals surface area contributed by atoms with E-state index in [-0.39, 0.29) is 5.91 Å². The van der Waals surface area contributed by atoms with Gasteiger partial charge >= 0.3 is 0 Å². The molecule has 1 heterocycles. The van der Waals surface area contributed by atoms with E-state index in [0.717, 1.165) is 17.8 Å². The molecule has 1 aromatic rings. The predicted molar refractivity (Wildman–Crippen MR) is 61.5 cm³/mol. The number of amides is 1. The molecule has 1 aromatic heterocycles. The molecule has 0 saturated carbocycles. The van der Waals surface area contributed by atoms with Gasteiger partial charge in [0.05, 0.1) is 11.3 Å². The molecular weight excluding hydrogens is 206 g/mol. The van der Waals surface area contributed by atoms with Gasteiger partial charge in [-0.3, -0.25) is 9.89 Å². The Morgan fingerprint density at radius 2 is 2.25 bits per heavy atom. The van der Waals surface area contributed by atoms with Crippen LogP contribution in [0.3, 0.4) is 0 Å². The fourth-order valence-corrected chi connectivity index (χ4v) is 1.49. The highest BCUT2D eigenvalue weighted by Crippen LogP contribution is 2.08. The molecule has 1 rings (SSSR count). The third kappa shape index (κ3) is 3.34. The number of ether oxygens (including phenoxy) is 1. The maximum atomic E-state index is 11.8. The highest BCUT2D eigenvalue weighted by Gasteiger charge is 2.13. The second kappa shape index (κ2) is 6.27. The molecule has 0 saturated heterocycles. The van der Waals surface area contributed by atoms with Crippen molar-refractivity contribution >= 4 is 5.91 Å². The van der Waals surface area contributed by atoms with Crippen molar-refractivity contribution in [1.29, 1.82) is 0 Å². The number of aryl methyl sites for hydroxylation is 2. The van der Waals surface area contributed by atoms with Crippen molar-refractivity contribution in [3.8, 4) is 0 Å². The van der Waals surface area contributed by atoms with E-state index in [1.165, 1.54) is 0 Å². The molecule has 0 aliphatic heterocycles. The van der Waals surface area contributed by atoms with E-state index in [2.05, 4.69) is 15.5 Å². The predicted octanol–water partition coefficient (Wildman–Crippen LogP) is 1.18. The summed E-state index contributed by atoms with van der Waals surface area (Å²) in [7, 11) is 0. The Hall–Kier alpha value is -1.36. The number of hydrogen-bond acceptors (Lipinski definition) is 3. The molecular formula is C11H19N3O2. The largest absolute Gasteiger partial charge is 0.382 e. The van der Waals surface area contributed by atoms with Gasteiger partial charge in [0.1, 0.15) is 0 Å². The molecule has 0 aromatic carbocycles. The Morgan fingerprint density at radius 3 is 2.81 bits per heavy atom. The number of hydrogen-bond donors (Lipinski definition) is 2. The summed E-state index contributed by atoms with van der Waals surface area (Å²) in [6, 6.07) is 0.